The van der Waals surface area contributed by atoms with Gasteiger partial charge in [-0.15, -0.1) is 0 Å². The molecule has 0 unspecified atom stereocenters. The lowest BCUT2D eigenvalue weighted by Crippen LogP contribution is -2.34. The molecule has 2 aromatic rings. The number of esters is 2. The van der Waals surface area contributed by atoms with Gasteiger partial charge in [0, 0.05) is 5.69 Å². The van der Waals surface area contributed by atoms with Crippen molar-refractivity contribution in [3.05, 3.63) is 70.1 Å². The van der Waals surface area contributed by atoms with Crippen LogP contribution in [-0.2, 0) is 23.9 Å². The van der Waals surface area contributed by atoms with E-state index in [0.29, 0.717) is 23.0 Å². The van der Waals surface area contributed by atoms with E-state index in [2.05, 4.69) is 10.1 Å². The highest BCUT2D eigenvalue weighted by atomic mass is 32.2. The third-order valence-electron chi connectivity index (χ3n) is 4.50. The molecule has 3 rings (SSSR count). The molecular formula is C23H20N2O7S. The van der Waals surface area contributed by atoms with Gasteiger partial charge in [-0.2, -0.15) is 0 Å². The van der Waals surface area contributed by atoms with Gasteiger partial charge in [0.1, 0.15) is 6.54 Å². The lowest BCUT2D eigenvalue weighted by Gasteiger charge is -2.09. The monoisotopic (exact) mass is 468 g/mol. The average Bonchev–Trinajstić information content (AvgIpc) is 3.06. The molecule has 0 radical (unpaired) electrons. The summed E-state index contributed by atoms with van der Waals surface area (Å²) in [7, 11) is 1.17. The second kappa shape index (κ2) is 10.6. The molecule has 2 aromatic carbocycles. The third kappa shape index (κ3) is 6.30. The van der Waals surface area contributed by atoms with Gasteiger partial charge >= 0.3 is 11.9 Å². The van der Waals surface area contributed by atoms with Crippen molar-refractivity contribution in [2.45, 2.75) is 6.92 Å². The van der Waals surface area contributed by atoms with E-state index in [9.17, 15) is 24.0 Å². The van der Waals surface area contributed by atoms with Crippen molar-refractivity contribution in [2.75, 3.05) is 25.6 Å². The number of methoxy groups -OCH3 is 1. The summed E-state index contributed by atoms with van der Waals surface area (Å²) < 4.78 is 9.52. The first-order chi connectivity index (χ1) is 15.8. The molecule has 1 aliphatic heterocycles. The van der Waals surface area contributed by atoms with Crippen LogP contribution in [0.25, 0.3) is 6.08 Å². The number of thioether (sulfide) groups is 1. The van der Waals surface area contributed by atoms with Crippen LogP contribution in [0.4, 0.5) is 10.5 Å². The van der Waals surface area contributed by atoms with Crippen molar-refractivity contribution in [2.24, 2.45) is 0 Å². The average molecular weight is 468 g/mol. The van der Waals surface area contributed by atoms with Crippen LogP contribution >= 0.6 is 11.8 Å². The van der Waals surface area contributed by atoms with Crippen LogP contribution in [0.1, 0.15) is 21.5 Å². The fourth-order valence-electron chi connectivity index (χ4n) is 2.75. The molecule has 0 saturated carbocycles. The first kappa shape index (κ1) is 23.7. The molecule has 3 amide bonds. The van der Waals surface area contributed by atoms with Gasteiger partial charge in [0.05, 0.1) is 17.6 Å². The number of hydrogen-bond donors (Lipinski definition) is 1. The third-order valence-corrected chi connectivity index (χ3v) is 5.41. The van der Waals surface area contributed by atoms with Crippen LogP contribution in [-0.4, -0.2) is 54.2 Å². The van der Waals surface area contributed by atoms with E-state index in [-0.39, 0.29) is 10.5 Å². The van der Waals surface area contributed by atoms with E-state index in [1.54, 1.807) is 24.3 Å². The first-order valence-electron chi connectivity index (χ1n) is 9.72. The Bertz CT molecular complexity index is 1120. The summed E-state index contributed by atoms with van der Waals surface area (Å²) in [6.07, 6.45) is 1.48. The maximum Gasteiger partial charge on any atom is 0.338 e. The summed E-state index contributed by atoms with van der Waals surface area (Å²) in [5.41, 5.74) is 2.43. The second-order valence-corrected chi connectivity index (χ2v) is 7.95. The Morgan fingerprint density at radius 1 is 1.03 bits per heavy atom. The van der Waals surface area contributed by atoms with Crippen molar-refractivity contribution in [3.8, 4) is 0 Å². The molecule has 9 nitrogen and oxygen atoms in total. The number of amides is 3. The normalized spacial score (nSPS) is 14.4. The van der Waals surface area contributed by atoms with Crippen LogP contribution in [0.3, 0.4) is 0 Å². The first-order valence-corrected chi connectivity index (χ1v) is 10.5. The van der Waals surface area contributed by atoms with Crippen molar-refractivity contribution < 1.29 is 33.4 Å². The zero-order valence-electron chi connectivity index (χ0n) is 17.8. The van der Waals surface area contributed by atoms with E-state index in [1.165, 1.54) is 25.3 Å². The second-order valence-electron chi connectivity index (χ2n) is 6.96. The van der Waals surface area contributed by atoms with Crippen molar-refractivity contribution >= 4 is 52.5 Å². The molecule has 33 heavy (non-hydrogen) atoms. The number of hydrogen-bond acceptors (Lipinski definition) is 8. The molecular weight excluding hydrogens is 448 g/mol. The SMILES string of the molecule is COC(=O)CN1C(=O)S/C(=C\c2ccc(C(=O)OCC(=O)Nc3ccc(C)cc3)cc2)C1=O. The minimum atomic E-state index is -0.700. The van der Waals surface area contributed by atoms with Gasteiger partial charge in [-0.05, 0) is 54.6 Å². The van der Waals surface area contributed by atoms with Gasteiger partial charge in [0.15, 0.2) is 6.61 Å². The number of nitrogens with zero attached hydrogens (tertiary/aromatic N) is 1. The molecule has 1 aliphatic rings. The molecule has 10 heteroatoms. The lowest BCUT2D eigenvalue weighted by atomic mass is 10.1. The van der Waals surface area contributed by atoms with Crippen molar-refractivity contribution in [1.82, 2.24) is 4.90 Å². The molecule has 0 spiro atoms. The van der Waals surface area contributed by atoms with E-state index in [1.807, 2.05) is 19.1 Å². The Kier molecular flexibility index (Phi) is 7.62. The van der Waals surface area contributed by atoms with E-state index in [4.69, 9.17) is 4.74 Å². The van der Waals surface area contributed by atoms with Crippen molar-refractivity contribution in [3.63, 3.8) is 0 Å². The van der Waals surface area contributed by atoms with Crippen LogP contribution in [0.5, 0.6) is 0 Å². The number of anilines is 1. The minimum Gasteiger partial charge on any atom is -0.468 e. The van der Waals surface area contributed by atoms with Crippen LogP contribution in [0.2, 0.25) is 0 Å². The fraction of sp³-hybridized carbons (Fsp3) is 0.174. The highest BCUT2D eigenvalue weighted by Crippen LogP contribution is 2.32. The number of rotatable bonds is 7. The number of nitrogens with one attached hydrogen (secondary N) is 1. The Morgan fingerprint density at radius 3 is 2.33 bits per heavy atom. The molecule has 0 aromatic heterocycles. The van der Waals surface area contributed by atoms with Crippen LogP contribution < -0.4 is 5.32 Å². The number of carbonyl (C=O) groups is 5. The van der Waals surface area contributed by atoms with Gasteiger partial charge in [0.25, 0.3) is 17.1 Å². The Labute approximate surface area is 193 Å². The highest BCUT2D eigenvalue weighted by Gasteiger charge is 2.36. The predicted octanol–water partition coefficient (Wildman–Crippen LogP) is 3.00. The van der Waals surface area contributed by atoms with E-state index in [0.717, 1.165) is 10.5 Å². The highest BCUT2D eigenvalue weighted by molar-refractivity contribution is 8.18. The zero-order chi connectivity index (χ0) is 24.0. The maximum absolute atomic E-state index is 12.3. The Morgan fingerprint density at radius 2 is 1.70 bits per heavy atom. The van der Waals surface area contributed by atoms with Gasteiger partial charge in [0.2, 0.25) is 0 Å². The molecule has 0 bridgehead atoms. The van der Waals surface area contributed by atoms with Crippen LogP contribution in [0, 0.1) is 6.92 Å². The van der Waals surface area contributed by atoms with Gasteiger partial charge in [-0.1, -0.05) is 29.8 Å². The summed E-state index contributed by atoms with van der Waals surface area (Å²) in [6.45, 7) is 1.03. The summed E-state index contributed by atoms with van der Waals surface area (Å²) in [5.74, 6) is -2.45. The molecule has 0 aliphatic carbocycles. The largest absolute Gasteiger partial charge is 0.468 e. The molecule has 1 saturated heterocycles. The van der Waals surface area contributed by atoms with Crippen LogP contribution in [0.15, 0.2) is 53.4 Å². The summed E-state index contributed by atoms with van der Waals surface area (Å²) in [4.78, 5) is 60.8. The summed E-state index contributed by atoms with van der Waals surface area (Å²) >= 11 is 0.707. The number of imide groups is 1. The Hall–Kier alpha value is -3.92. The number of ether oxygens (including phenoxy) is 2. The molecule has 170 valence electrons. The van der Waals surface area contributed by atoms with Gasteiger partial charge < -0.3 is 14.8 Å². The van der Waals surface area contributed by atoms with E-state index >= 15 is 0 Å². The molecule has 0 atom stereocenters. The fourth-order valence-corrected chi connectivity index (χ4v) is 3.58. The molecule has 1 heterocycles. The minimum absolute atomic E-state index is 0.145. The zero-order valence-corrected chi connectivity index (χ0v) is 18.6. The number of benzene rings is 2. The van der Waals surface area contributed by atoms with E-state index < -0.39 is 42.1 Å². The number of aryl methyl sites for hydroxylation is 1. The summed E-state index contributed by atoms with van der Waals surface area (Å²) in [6, 6.07) is 13.3. The maximum atomic E-state index is 12.3. The molecule has 1 fully saturated rings. The number of carbonyl (C=O) groups excluding carboxylic acids is 5. The molecule has 1 N–H and O–H groups in total. The topological polar surface area (TPSA) is 119 Å². The standard InChI is InChI=1S/C23H20N2O7S/c1-14-3-9-17(10-4-14)24-19(26)13-32-22(29)16-7-5-15(6-8-16)11-18-21(28)25(23(30)33-18)12-20(27)31-2/h3-11H,12-13H2,1-2H3,(H,24,26)/b18-11-. The Balaban J connectivity index is 1.56. The van der Waals surface area contributed by atoms with Crippen molar-refractivity contribution in [1.29, 1.82) is 0 Å². The van der Waals surface area contributed by atoms with Gasteiger partial charge in [-0.25, -0.2) is 4.79 Å². The summed E-state index contributed by atoms with van der Waals surface area (Å²) in [5, 5.41) is 2.06. The quantitative estimate of drug-likeness (QED) is 0.487. The smallest absolute Gasteiger partial charge is 0.338 e. The predicted molar refractivity (Wildman–Crippen MR) is 121 cm³/mol. The lowest BCUT2D eigenvalue weighted by molar-refractivity contribution is -0.143. The van der Waals surface area contributed by atoms with Gasteiger partial charge in [-0.3, -0.25) is 24.1 Å².